The van der Waals surface area contributed by atoms with E-state index in [0.29, 0.717) is 22.4 Å². The fraction of sp³-hybridized carbons (Fsp3) is 0.375. The first kappa shape index (κ1) is 22.0. The van der Waals surface area contributed by atoms with Gasteiger partial charge in [0, 0.05) is 22.2 Å². The van der Waals surface area contributed by atoms with Gasteiger partial charge < -0.3 is 10.1 Å². The maximum atomic E-state index is 12.8. The van der Waals surface area contributed by atoms with Crippen molar-refractivity contribution in [2.45, 2.75) is 39.2 Å². The summed E-state index contributed by atoms with van der Waals surface area (Å²) in [6.45, 7) is 3.96. The molecule has 0 unspecified atom stereocenters. The minimum atomic E-state index is -0.701. The van der Waals surface area contributed by atoms with Crippen molar-refractivity contribution in [2.75, 3.05) is 6.61 Å². The summed E-state index contributed by atoms with van der Waals surface area (Å²) in [5.41, 5.74) is 0.766. The lowest BCUT2D eigenvalue weighted by atomic mass is 9.78. The molecule has 2 aromatic carbocycles. The smallest absolute Gasteiger partial charge is 0.339 e. The second-order valence-electron chi connectivity index (χ2n) is 7.90. The molecule has 5 nitrogen and oxygen atoms in total. The zero-order chi connectivity index (χ0) is 21.7. The van der Waals surface area contributed by atoms with Crippen LogP contribution < -0.4 is 5.32 Å². The van der Waals surface area contributed by atoms with Crippen molar-refractivity contribution in [1.82, 2.24) is 5.32 Å². The molecule has 1 saturated carbocycles. The van der Waals surface area contributed by atoms with Crippen molar-refractivity contribution in [3.8, 4) is 0 Å². The van der Waals surface area contributed by atoms with E-state index in [0.717, 1.165) is 12.8 Å². The summed E-state index contributed by atoms with van der Waals surface area (Å²) in [4.78, 5) is 37.7. The third kappa shape index (κ3) is 5.28. The Morgan fingerprint density at radius 1 is 1.00 bits per heavy atom. The van der Waals surface area contributed by atoms with Crippen LogP contribution in [0.4, 0.5) is 0 Å². The number of ether oxygens (including phenoxy) is 1. The monoisotopic (exact) mass is 427 g/mol. The average Bonchev–Trinajstić information content (AvgIpc) is 2.75. The topological polar surface area (TPSA) is 72.5 Å². The van der Waals surface area contributed by atoms with Gasteiger partial charge in [0.05, 0.1) is 5.56 Å². The van der Waals surface area contributed by atoms with Gasteiger partial charge in [-0.05, 0) is 48.6 Å². The number of esters is 1. The van der Waals surface area contributed by atoms with E-state index in [1.807, 2.05) is 0 Å². The molecule has 0 aromatic heterocycles. The number of amides is 1. The third-order valence-electron chi connectivity index (χ3n) is 5.89. The molecule has 1 aliphatic rings. The van der Waals surface area contributed by atoms with Crippen LogP contribution in [0.1, 0.15) is 59.4 Å². The van der Waals surface area contributed by atoms with Crippen LogP contribution in [0.2, 0.25) is 5.02 Å². The van der Waals surface area contributed by atoms with E-state index in [9.17, 15) is 14.4 Å². The van der Waals surface area contributed by atoms with Crippen LogP contribution in [-0.4, -0.2) is 30.3 Å². The van der Waals surface area contributed by atoms with Crippen LogP contribution in [0, 0.1) is 11.8 Å². The lowest BCUT2D eigenvalue weighted by Crippen LogP contribution is -2.45. The molecule has 1 aliphatic carbocycles. The van der Waals surface area contributed by atoms with Gasteiger partial charge in [-0.15, -0.1) is 0 Å². The van der Waals surface area contributed by atoms with Gasteiger partial charge in [-0.3, -0.25) is 9.59 Å². The number of carbonyl (C=O) groups is 3. The summed E-state index contributed by atoms with van der Waals surface area (Å²) in [5, 5.41) is 3.50. The number of rotatable bonds is 6. The number of halogens is 1. The summed E-state index contributed by atoms with van der Waals surface area (Å²) in [6, 6.07) is 13.0. The Labute approximate surface area is 181 Å². The molecule has 3 atom stereocenters. The van der Waals surface area contributed by atoms with E-state index < -0.39 is 5.97 Å². The van der Waals surface area contributed by atoms with Crippen molar-refractivity contribution in [2.24, 2.45) is 11.8 Å². The highest BCUT2D eigenvalue weighted by molar-refractivity contribution is 6.30. The Kier molecular flexibility index (Phi) is 7.27. The number of benzene rings is 2. The van der Waals surface area contributed by atoms with Gasteiger partial charge in [0.2, 0.25) is 0 Å². The van der Waals surface area contributed by atoms with Gasteiger partial charge in [0.1, 0.15) is 0 Å². The summed E-state index contributed by atoms with van der Waals surface area (Å²) in [6.07, 6.45) is 3.18. The molecular weight excluding hydrogens is 402 g/mol. The third-order valence-corrected chi connectivity index (χ3v) is 6.14. The van der Waals surface area contributed by atoms with E-state index in [1.165, 1.54) is 12.5 Å². The predicted octanol–water partition coefficient (Wildman–Crippen LogP) is 4.67. The Morgan fingerprint density at radius 3 is 2.37 bits per heavy atom. The summed E-state index contributed by atoms with van der Waals surface area (Å²) >= 11 is 5.88. The fourth-order valence-electron chi connectivity index (χ4n) is 3.86. The molecule has 1 amide bonds. The highest BCUT2D eigenvalue weighted by Crippen LogP contribution is 2.29. The lowest BCUT2D eigenvalue weighted by molar-refractivity contribution is -0.125. The van der Waals surface area contributed by atoms with Gasteiger partial charge in [0.25, 0.3) is 5.91 Å². The fourth-order valence-corrected chi connectivity index (χ4v) is 3.98. The summed E-state index contributed by atoms with van der Waals surface area (Å²) < 4.78 is 5.22. The van der Waals surface area contributed by atoms with E-state index >= 15 is 0 Å². The standard InChI is InChI=1S/C24H26ClNO4/c1-15-6-5-9-21(16(15)2)26-22(27)14-30-24(29)20-8-4-3-7-19(20)23(28)17-10-12-18(25)13-11-17/h3-4,7-8,10-13,15-16,21H,5-6,9,14H2,1-2H3,(H,26,27)/t15-,16+,21-/m1/s1. The van der Waals surface area contributed by atoms with Crippen molar-refractivity contribution in [1.29, 1.82) is 0 Å². The SMILES string of the molecule is C[C@H]1[C@H](C)CCC[C@H]1NC(=O)COC(=O)c1ccccc1C(=O)c1ccc(Cl)cc1. The Hall–Kier alpha value is -2.66. The molecule has 0 bridgehead atoms. The summed E-state index contributed by atoms with van der Waals surface area (Å²) in [7, 11) is 0. The quantitative estimate of drug-likeness (QED) is 0.537. The van der Waals surface area contributed by atoms with Gasteiger partial charge in [-0.1, -0.05) is 56.5 Å². The normalized spacial score (nSPS) is 21.0. The van der Waals surface area contributed by atoms with Crippen molar-refractivity contribution >= 4 is 29.3 Å². The maximum Gasteiger partial charge on any atom is 0.339 e. The summed E-state index contributed by atoms with van der Waals surface area (Å²) in [5.74, 6) is -0.397. The molecule has 0 saturated heterocycles. The predicted molar refractivity (Wildman–Crippen MR) is 116 cm³/mol. The number of nitrogens with one attached hydrogen (secondary N) is 1. The molecule has 0 spiro atoms. The minimum Gasteiger partial charge on any atom is -0.452 e. The Balaban J connectivity index is 1.64. The van der Waals surface area contributed by atoms with Gasteiger partial charge in [0.15, 0.2) is 12.4 Å². The second-order valence-corrected chi connectivity index (χ2v) is 8.34. The van der Waals surface area contributed by atoms with Crippen LogP contribution in [0.25, 0.3) is 0 Å². The zero-order valence-corrected chi connectivity index (χ0v) is 17.9. The number of carbonyl (C=O) groups excluding carboxylic acids is 3. The van der Waals surface area contributed by atoms with Crippen LogP contribution in [0.3, 0.4) is 0 Å². The van der Waals surface area contributed by atoms with Crippen LogP contribution >= 0.6 is 11.6 Å². The number of ketones is 1. The van der Waals surface area contributed by atoms with E-state index in [4.69, 9.17) is 16.3 Å². The van der Waals surface area contributed by atoms with Crippen LogP contribution in [-0.2, 0) is 9.53 Å². The molecule has 0 radical (unpaired) electrons. The van der Waals surface area contributed by atoms with E-state index in [1.54, 1.807) is 42.5 Å². The van der Waals surface area contributed by atoms with Gasteiger partial charge >= 0.3 is 5.97 Å². The van der Waals surface area contributed by atoms with Gasteiger partial charge in [-0.25, -0.2) is 4.79 Å². The zero-order valence-electron chi connectivity index (χ0n) is 17.2. The molecule has 30 heavy (non-hydrogen) atoms. The highest BCUT2D eigenvalue weighted by atomic mass is 35.5. The first-order valence-electron chi connectivity index (χ1n) is 10.2. The van der Waals surface area contributed by atoms with Crippen molar-refractivity contribution in [3.63, 3.8) is 0 Å². The average molecular weight is 428 g/mol. The van der Waals surface area contributed by atoms with E-state index in [-0.39, 0.29) is 35.5 Å². The van der Waals surface area contributed by atoms with Crippen LogP contribution in [0.15, 0.2) is 48.5 Å². The molecule has 0 aliphatic heterocycles. The number of hydrogen-bond acceptors (Lipinski definition) is 4. The minimum absolute atomic E-state index is 0.0960. The van der Waals surface area contributed by atoms with Crippen LogP contribution in [0.5, 0.6) is 0 Å². The largest absolute Gasteiger partial charge is 0.452 e. The molecule has 1 N–H and O–H groups in total. The molecule has 6 heteroatoms. The molecule has 2 aromatic rings. The molecule has 158 valence electrons. The Bertz CT molecular complexity index is 925. The molecular formula is C24H26ClNO4. The highest BCUT2D eigenvalue weighted by Gasteiger charge is 2.28. The van der Waals surface area contributed by atoms with E-state index in [2.05, 4.69) is 19.2 Å². The lowest BCUT2D eigenvalue weighted by Gasteiger charge is -2.34. The number of hydrogen-bond donors (Lipinski definition) is 1. The first-order valence-corrected chi connectivity index (χ1v) is 10.6. The van der Waals surface area contributed by atoms with Gasteiger partial charge in [-0.2, -0.15) is 0 Å². The molecule has 0 heterocycles. The second kappa shape index (κ2) is 9.90. The first-order chi connectivity index (χ1) is 14.4. The Morgan fingerprint density at radius 2 is 1.67 bits per heavy atom. The molecule has 3 rings (SSSR count). The molecule has 1 fully saturated rings. The maximum absolute atomic E-state index is 12.8. The van der Waals surface area contributed by atoms with Crippen molar-refractivity contribution < 1.29 is 19.1 Å². The van der Waals surface area contributed by atoms with Crippen molar-refractivity contribution in [3.05, 3.63) is 70.2 Å².